The highest BCUT2D eigenvalue weighted by Gasteiger charge is 2.10. The quantitative estimate of drug-likeness (QED) is 0.742. The summed E-state index contributed by atoms with van der Waals surface area (Å²) in [6.07, 6.45) is 0.0381. The molecule has 0 saturated carbocycles. The summed E-state index contributed by atoms with van der Waals surface area (Å²) in [6.45, 7) is 3.81. The number of ether oxygens (including phenoxy) is 1. The van der Waals surface area contributed by atoms with Crippen LogP contribution in [0.4, 0.5) is 0 Å². The Labute approximate surface area is 92.5 Å². The third-order valence-electron chi connectivity index (χ3n) is 1.32. The molecule has 0 saturated heterocycles. The van der Waals surface area contributed by atoms with E-state index in [1.807, 2.05) is 13.8 Å². The lowest BCUT2D eigenvalue weighted by molar-refractivity contribution is 0.243. The Morgan fingerprint density at radius 1 is 1.08 bits per heavy atom. The summed E-state index contributed by atoms with van der Waals surface area (Å²) in [7, 11) is 0. The summed E-state index contributed by atoms with van der Waals surface area (Å²) in [4.78, 5) is 0. The van der Waals surface area contributed by atoms with E-state index in [0.29, 0.717) is 20.8 Å². The molecule has 0 spiro atoms. The zero-order valence-corrected chi connectivity index (χ0v) is 9.54. The number of hydrogen-bond donors (Lipinski definition) is 0. The Morgan fingerprint density at radius 2 is 1.54 bits per heavy atom. The van der Waals surface area contributed by atoms with Gasteiger partial charge in [-0.1, -0.05) is 34.8 Å². The first-order valence-corrected chi connectivity index (χ1v) is 4.95. The highest BCUT2D eigenvalue weighted by molar-refractivity contribution is 6.40. The molecule has 1 rings (SSSR count). The van der Waals surface area contributed by atoms with Crippen LogP contribution < -0.4 is 4.74 Å². The van der Waals surface area contributed by atoms with Crippen molar-refractivity contribution in [2.75, 3.05) is 0 Å². The van der Waals surface area contributed by atoms with Crippen molar-refractivity contribution >= 4 is 34.8 Å². The molecule has 0 heterocycles. The van der Waals surface area contributed by atoms with Gasteiger partial charge in [0.25, 0.3) is 0 Å². The first kappa shape index (κ1) is 11.0. The van der Waals surface area contributed by atoms with Crippen molar-refractivity contribution in [2.45, 2.75) is 20.0 Å². The van der Waals surface area contributed by atoms with E-state index in [4.69, 9.17) is 39.5 Å². The maximum Gasteiger partial charge on any atom is 0.156 e. The van der Waals surface area contributed by atoms with Crippen LogP contribution in [0.2, 0.25) is 15.1 Å². The maximum absolute atomic E-state index is 5.88. The van der Waals surface area contributed by atoms with E-state index < -0.39 is 0 Å². The summed E-state index contributed by atoms with van der Waals surface area (Å²) in [6, 6.07) is 3.21. The second-order valence-corrected chi connectivity index (χ2v) is 4.12. The number of benzene rings is 1. The van der Waals surface area contributed by atoms with Crippen molar-refractivity contribution in [3.8, 4) is 5.75 Å². The molecule has 0 unspecified atom stereocenters. The molecule has 1 aromatic carbocycles. The summed E-state index contributed by atoms with van der Waals surface area (Å²) in [5.74, 6) is 0.489. The minimum atomic E-state index is 0.0381. The zero-order valence-electron chi connectivity index (χ0n) is 7.27. The van der Waals surface area contributed by atoms with Crippen LogP contribution in [-0.4, -0.2) is 6.10 Å². The van der Waals surface area contributed by atoms with Crippen molar-refractivity contribution in [3.05, 3.63) is 27.2 Å². The molecule has 0 N–H and O–H groups in total. The van der Waals surface area contributed by atoms with Crippen LogP contribution in [-0.2, 0) is 0 Å². The zero-order chi connectivity index (χ0) is 10.0. The predicted octanol–water partition coefficient (Wildman–Crippen LogP) is 4.43. The first-order chi connectivity index (χ1) is 6.00. The topological polar surface area (TPSA) is 9.23 Å². The third-order valence-corrected chi connectivity index (χ3v) is 2.10. The van der Waals surface area contributed by atoms with Gasteiger partial charge in [0.2, 0.25) is 0 Å². The molecular weight excluding hydrogens is 230 g/mol. The Morgan fingerprint density at radius 3 is 1.92 bits per heavy atom. The minimum absolute atomic E-state index is 0.0381. The largest absolute Gasteiger partial charge is 0.488 e. The Bertz CT molecular complexity index is 287. The number of halogens is 3. The van der Waals surface area contributed by atoms with Gasteiger partial charge < -0.3 is 4.74 Å². The van der Waals surface area contributed by atoms with Crippen LogP contribution in [0, 0.1) is 0 Å². The molecule has 0 radical (unpaired) electrons. The van der Waals surface area contributed by atoms with Crippen LogP contribution in [0.3, 0.4) is 0 Å². The van der Waals surface area contributed by atoms with E-state index in [1.165, 1.54) is 0 Å². The molecule has 0 atom stereocenters. The summed E-state index contributed by atoms with van der Waals surface area (Å²) < 4.78 is 5.41. The Kier molecular flexibility index (Phi) is 3.72. The van der Waals surface area contributed by atoms with Crippen molar-refractivity contribution < 1.29 is 4.74 Å². The van der Waals surface area contributed by atoms with E-state index in [2.05, 4.69) is 0 Å². The molecule has 0 aliphatic heterocycles. The van der Waals surface area contributed by atoms with Crippen LogP contribution >= 0.6 is 34.8 Å². The van der Waals surface area contributed by atoms with Crippen molar-refractivity contribution in [1.82, 2.24) is 0 Å². The molecule has 13 heavy (non-hydrogen) atoms. The first-order valence-electron chi connectivity index (χ1n) is 3.82. The SMILES string of the molecule is CC(C)Oc1c(Cl)cc(Cl)cc1Cl. The molecule has 72 valence electrons. The highest BCUT2D eigenvalue weighted by atomic mass is 35.5. The monoisotopic (exact) mass is 238 g/mol. The molecule has 0 bridgehead atoms. The standard InChI is InChI=1S/C9H9Cl3O/c1-5(2)13-9-7(11)3-6(10)4-8(9)12/h3-5H,1-2H3. The van der Waals surface area contributed by atoms with Gasteiger partial charge in [0.1, 0.15) is 0 Å². The van der Waals surface area contributed by atoms with Crippen molar-refractivity contribution in [3.63, 3.8) is 0 Å². The second kappa shape index (κ2) is 4.41. The molecule has 0 aliphatic carbocycles. The lowest BCUT2D eigenvalue weighted by Crippen LogP contribution is -2.06. The Hall–Kier alpha value is -0.110. The Balaban J connectivity index is 3.06. The van der Waals surface area contributed by atoms with E-state index in [9.17, 15) is 0 Å². The van der Waals surface area contributed by atoms with Crippen LogP contribution in [0.25, 0.3) is 0 Å². The van der Waals surface area contributed by atoms with Gasteiger partial charge in [-0.3, -0.25) is 0 Å². The fourth-order valence-corrected chi connectivity index (χ4v) is 1.78. The highest BCUT2D eigenvalue weighted by Crippen LogP contribution is 2.36. The minimum Gasteiger partial charge on any atom is -0.488 e. The van der Waals surface area contributed by atoms with Gasteiger partial charge in [-0.05, 0) is 26.0 Å². The number of rotatable bonds is 2. The van der Waals surface area contributed by atoms with Crippen LogP contribution in [0.15, 0.2) is 12.1 Å². The van der Waals surface area contributed by atoms with Gasteiger partial charge in [-0.15, -0.1) is 0 Å². The summed E-state index contributed by atoms with van der Waals surface area (Å²) in [5.41, 5.74) is 0. The van der Waals surface area contributed by atoms with E-state index >= 15 is 0 Å². The molecule has 0 aliphatic rings. The normalized spacial score (nSPS) is 10.6. The fraction of sp³-hybridized carbons (Fsp3) is 0.333. The van der Waals surface area contributed by atoms with E-state index in [-0.39, 0.29) is 6.10 Å². The van der Waals surface area contributed by atoms with Gasteiger partial charge in [0.05, 0.1) is 16.1 Å². The van der Waals surface area contributed by atoms with Gasteiger partial charge in [0, 0.05) is 5.02 Å². The number of hydrogen-bond acceptors (Lipinski definition) is 1. The third kappa shape index (κ3) is 2.94. The van der Waals surface area contributed by atoms with Gasteiger partial charge in [-0.2, -0.15) is 0 Å². The lowest BCUT2D eigenvalue weighted by atomic mass is 10.3. The predicted molar refractivity (Wildman–Crippen MR) is 57.2 cm³/mol. The fourth-order valence-electron chi connectivity index (χ4n) is 0.877. The van der Waals surface area contributed by atoms with Crippen LogP contribution in [0.1, 0.15) is 13.8 Å². The lowest BCUT2D eigenvalue weighted by Gasteiger charge is -2.12. The summed E-state index contributed by atoms with van der Waals surface area (Å²) >= 11 is 17.5. The van der Waals surface area contributed by atoms with Crippen molar-refractivity contribution in [1.29, 1.82) is 0 Å². The van der Waals surface area contributed by atoms with E-state index in [1.54, 1.807) is 12.1 Å². The van der Waals surface area contributed by atoms with Gasteiger partial charge >= 0.3 is 0 Å². The molecule has 0 aromatic heterocycles. The average Bonchev–Trinajstić information content (AvgIpc) is 1.96. The smallest absolute Gasteiger partial charge is 0.156 e. The van der Waals surface area contributed by atoms with Gasteiger partial charge in [0.15, 0.2) is 5.75 Å². The molecule has 1 aromatic rings. The average molecular weight is 240 g/mol. The molecular formula is C9H9Cl3O. The van der Waals surface area contributed by atoms with Crippen LogP contribution in [0.5, 0.6) is 5.75 Å². The molecule has 1 nitrogen and oxygen atoms in total. The maximum atomic E-state index is 5.88. The second-order valence-electron chi connectivity index (χ2n) is 2.87. The molecule has 0 amide bonds. The van der Waals surface area contributed by atoms with Crippen molar-refractivity contribution in [2.24, 2.45) is 0 Å². The molecule has 4 heteroatoms. The summed E-state index contributed by atoms with van der Waals surface area (Å²) in [5, 5.41) is 1.38. The van der Waals surface area contributed by atoms with E-state index in [0.717, 1.165) is 0 Å². The molecule has 0 fully saturated rings. The van der Waals surface area contributed by atoms with Gasteiger partial charge in [-0.25, -0.2) is 0 Å².